The molecule has 3 heterocycles. The van der Waals surface area contributed by atoms with Crippen molar-refractivity contribution < 1.29 is 13.9 Å². The third-order valence-electron chi connectivity index (χ3n) is 4.78. The van der Waals surface area contributed by atoms with Crippen LogP contribution in [0.1, 0.15) is 31.4 Å². The quantitative estimate of drug-likeness (QED) is 0.857. The van der Waals surface area contributed by atoms with Gasteiger partial charge in [-0.3, -0.25) is 9.88 Å². The van der Waals surface area contributed by atoms with Crippen LogP contribution >= 0.6 is 0 Å². The molecule has 116 valence electrons. The number of likely N-dealkylation sites (tertiary alicyclic amines) is 1. The second-order valence-corrected chi connectivity index (χ2v) is 5.99. The Morgan fingerprint density at radius 3 is 3.00 bits per heavy atom. The molecule has 0 unspecified atom stereocenters. The SMILES string of the molecule is CO[C@H]1CCCOC12CCN(Cc1ncccc1F)CC2. The Hall–Kier alpha value is -1.04. The molecule has 1 aromatic heterocycles. The molecule has 5 heteroatoms. The van der Waals surface area contributed by atoms with Crippen LogP contribution in [0.5, 0.6) is 0 Å². The molecule has 2 aliphatic rings. The smallest absolute Gasteiger partial charge is 0.146 e. The van der Waals surface area contributed by atoms with Crippen molar-refractivity contribution in [1.29, 1.82) is 0 Å². The number of ether oxygens (including phenoxy) is 2. The summed E-state index contributed by atoms with van der Waals surface area (Å²) in [5.74, 6) is -0.221. The molecule has 0 N–H and O–H groups in total. The number of methoxy groups -OCH3 is 1. The number of nitrogens with zero attached hydrogens (tertiary/aromatic N) is 2. The lowest BCUT2D eigenvalue weighted by Gasteiger charge is -2.48. The summed E-state index contributed by atoms with van der Waals surface area (Å²) >= 11 is 0. The van der Waals surface area contributed by atoms with Crippen LogP contribution in [0.4, 0.5) is 4.39 Å². The van der Waals surface area contributed by atoms with E-state index >= 15 is 0 Å². The first-order valence-electron chi connectivity index (χ1n) is 7.72. The summed E-state index contributed by atoms with van der Waals surface area (Å²) in [7, 11) is 1.77. The summed E-state index contributed by atoms with van der Waals surface area (Å²) < 4.78 is 25.4. The first kappa shape index (κ1) is 14.9. The van der Waals surface area contributed by atoms with Crippen LogP contribution in [-0.4, -0.2) is 48.4 Å². The van der Waals surface area contributed by atoms with Crippen molar-refractivity contribution >= 4 is 0 Å². The van der Waals surface area contributed by atoms with Gasteiger partial charge in [-0.15, -0.1) is 0 Å². The highest BCUT2D eigenvalue weighted by Crippen LogP contribution is 2.37. The van der Waals surface area contributed by atoms with E-state index < -0.39 is 0 Å². The molecule has 4 nitrogen and oxygen atoms in total. The van der Waals surface area contributed by atoms with Gasteiger partial charge >= 0.3 is 0 Å². The van der Waals surface area contributed by atoms with E-state index in [1.54, 1.807) is 19.4 Å². The van der Waals surface area contributed by atoms with Gasteiger partial charge in [-0.2, -0.15) is 0 Å². The van der Waals surface area contributed by atoms with Gasteiger partial charge in [-0.25, -0.2) is 4.39 Å². The van der Waals surface area contributed by atoms with Crippen LogP contribution in [-0.2, 0) is 16.0 Å². The second-order valence-electron chi connectivity index (χ2n) is 5.99. The molecule has 0 saturated carbocycles. The zero-order valence-corrected chi connectivity index (χ0v) is 12.6. The predicted molar refractivity (Wildman–Crippen MR) is 77.4 cm³/mol. The maximum atomic E-state index is 13.7. The highest BCUT2D eigenvalue weighted by Gasteiger charge is 2.44. The number of rotatable bonds is 3. The molecule has 1 aromatic rings. The highest BCUT2D eigenvalue weighted by molar-refractivity contribution is 5.07. The Morgan fingerprint density at radius 1 is 1.48 bits per heavy atom. The third-order valence-corrected chi connectivity index (χ3v) is 4.78. The maximum absolute atomic E-state index is 13.7. The lowest BCUT2D eigenvalue weighted by Crippen LogP contribution is -2.55. The van der Waals surface area contributed by atoms with Gasteiger partial charge in [-0.1, -0.05) is 0 Å². The summed E-state index contributed by atoms with van der Waals surface area (Å²) in [6, 6.07) is 3.10. The molecule has 2 aliphatic heterocycles. The van der Waals surface area contributed by atoms with E-state index in [4.69, 9.17) is 9.47 Å². The maximum Gasteiger partial charge on any atom is 0.146 e. The average molecular weight is 294 g/mol. The fourth-order valence-corrected chi connectivity index (χ4v) is 3.54. The van der Waals surface area contributed by atoms with E-state index in [0.717, 1.165) is 45.4 Å². The van der Waals surface area contributed by atoms with E-state index in [1.165, 1.54) is 6.07 Å². The molecule has 1 atom stereocenters. The van der Waals surface area contributed by atoms with Crippen molar-refractivity contribution in [2.45, 2.75) is 43.9 Å². The van der Waals surface area contributed by atoms with Crippen molar-refractivity contribution in [1.82, 2.24) is 9.88 Å². The Labute approximate surface area is 125 Å². The third kappa shape index (κ3) is 3.10. The molecular weight excluding hydrogens is 271 g/mol. The Morgan fingerprint density at radius 2 is 2.29 bits per heavy atom. The first-order valence-corrected chi connectivity index (χ1v) is 7.72. The zero-order valence-electron chi connectivity index (χ0n) is 12.6. The minimum Gasteiger partial charge on any atom is -0.378 e. The van der Waals surface area contributed by atoms with Gasteiger partial charge < -0.3 is 9.47 Å². The van der Waals surface area contributed by atoms with Gasteiger partial charge in [0.1, 0.15) is 5.82 Å². The van der Waals surface area contributed by atoms with Crippen molar-refractivity contribution in [2.24, 2.45) is 0 Å². The normalized spacial score (nSPS) is 26.1. The molecule has 0 bridgehead atoms. The number of pyridine rings is 1. The summed E-state index contributed by atoms with van der Waals surface area (Å²) in [6.45, 7) is 3.20. The zero-order chi connectivity index (χ0) is 14.7. The molecular formula is C16H23FN2O2. The summed E-state index contributed by atoms with van der Waals surface area (Å²) in [6.07, 6.45) is 5.88. The van der Waals surface area contributed by atoms with E-state index in [1.807, 2.05) is 0 Å². The second kappa shape index (κ2) is 6.38. The molecule has 0 radical (unpaired) electrons. The summed E-state index contributed by atoms with van der Waals surface area (Å²) in [4.78, 5) is 6.39. The van der Waals surface area contributed by atoms with E-state index in [0.29, 0.717) is 12.2 Å². The number of aromatic nitrogens is 1. The van der Waals surface area contributed by atoms with Gasteiger partial charge in [0.2, 0.25) is 0 Å². The molecule has 0 aromatic carbocycles. The Kier molecular flexibility index (Phi) is 4.52. The van der Waals surface area contributed by atoms with Crippen molar-refractivity contribution in [3.8, 4) is 0 Å². The van der Waals surface area contributed by atoms with Crippen molar-refractivity contribution in [3.05, 3.63) is 29.8 Å². The topological polar surface area (TPSA) is 34.6 Å². The molecule has 2 fully saturated rings. The van der Waals surface area contributed by atoms with Gasteiger partial charge in [0.25, 0.3) is 0 Å². The van der Waals surface area contributed by atoms with Crippen LogP contribution in [0.15, 0.2) is 18.3 Å². The summed E-state index contributed by atoms with van der Waals surface area (Å²) in [5.41, 5.74) is 0.396. The van der Waals surface area contributed by atoms with Gasteiger partial charge in [0.05, 0.1) is 17.4 Å². The van der Waals surface area contributed by atoms with Crippen LogP contribution in [0, 0.1) is 5.82 Å². The number of hydrogen-bond acceptors (Lipinski definition) is 4. The monoisotopic (exact) mass is 294 g/mol. The van der Waals surface area contributed by atoms with Crippen molar-refractivity contribution in [2.75, 3.05) is 26.8 Å². The lowest BCUT2D eigenvalue weighted by atomic mass is 9.82. The minimum absolute atomic E-state index is 0.133. The fourth-order valence-electron chi connectivity index (χ4n) is 3.54. The molecule has 1 spiro atoms. The van der Waals surface area contributed by atoms with Crippen LogP contribution in [0.25, 0.3) is 0 Å². The molecule has 21 heavy (non-hydrogen) atoms. The fraction of sp³-hybridized carbons (Fsp3) is 0.688. The lowest BCUT2D eigenvalue weighted by molar-refractivity contribution is -0.186. The van der Waals surface area contributed by atoms with Crippen LogP contribution in [0.2, 0.25) is 0 Å². The first-order chi connectivity index (χ1) is 10.2. The largest absolute Gasteiger partial charge is 0.378 e. The van der Waals surface area contributed by atoms with Crippen LogP contribution in [0.3, 0.4) is 0 Å². The van der Waals surface area contributed by atoms with Gasteiger partial charge in [0.15, 0.2) is 0 Å². The van der Waals surface area contributed by atoms with Crippen molar-refractivity contribution in [3.63, 3.8) is 0 Å². The number of hydrogen-bond donors (Lipinski definition) is 0. The minimum atomic E-state index is -0.221. The molecule has 2 saturated heterocycles. The van der Waals surface area contributed by atoms with E-state index in [9.17, 15) is 4.39 Å². The summed E-state index contributed by atoms with van der Waals surface area (Å²) in [5, 5.41) is 0. The molecule has 3 rings (SSSR count). The highest BCUT2D eigenvalue weighted by atomic mass is 19.1. The standard InChI is InChI=1S/C16H23FN2O2/c1-20-15-5-3-11-21-16(15)6-9-19(10-7-16)12-14-13(17)4-2-8-18-14/h2,4,8,15H,3,5-7,9-12H2,1H3/t15-/m0/s1. The predicted octanol–water partition coefficient (Wildman–Crippen LogP) is 2.38. The molecule has 0 amide bonds. The average Bonchev–Trinajstić information content (AvgIpc) is 2.52. The molecule has 0 aliphatic carbocycles. The Balaban J connectivity index is 1.61. The Bertz CT molecular complexity index is 475. The van der Waals surface area contributed by atoms with Gasteiger partial charge in [0, 0.05) is 39.5 Å². The van der Waals surface area contributed by atoms with Crippen LogP contribution < -0.4 is 0 Å². The van der Waals surface area contributed by atoms with E-state index in [2.05, 4.69) is 9.88 Å². The number of halogens is 1. The number of piperidine rings is 1. The van der Waals surface area contributed by atoms with E-state index in [-0.39, 0.29) is 17.5 Å². The van der Waals surface area contributed by atoms with Gasteiger partial charge in [-0.05, 0) is 37.8 Å².